The highest BCUT2D eigenvalue weighted by atomic mass is 79.9. The fourth-order valence-electron chi connectivity index (χ4n) is 2.88. The first kappa shape index (κ1) is 15.3. The highest BCUT2D eigenvalue weighted by Crippen LogP contribution is 2.35. The molecule has 0 saturated heterocycles. The zero-order valence-corrected chi connectivity index (χ0v) is 13.4. The summed E-state index contributed by atoms with van der Waals surface area (Å²) in [6.07, 6.45) is 4.71. The van der Waals surface area contributed by atoms with Gasteiger partial charge in [0.15, 0.2) is 0 Å². The lowest BCUT2D eigenvalue weighted by Crippen LogP contribution is -2.47. The second-order valence-electron chi connectivity index (χ2n) is 5.60. The Balaban J connectivity index is 2.17. The molecular weight excluding hydrogens is 322 g/mol. The smallest absolute Gasteiger partial charge is 0.292 e. The first-order valence-corrected chi connectivity index (χ1v) is 7.59. The Bertz CT molecular complexity index is 499. The van der Waals surface area contributed by atoms with Crippen molar-refractivity contribution in [3.8, 4) is 0 Å². The van der Waals surface area contributed by atoms with E-state index >= 15 is 0 Å². The van der Waals surface area contributed by atoms with Gasteiger partial charge in [0, 0.05) is 22.6 Å². The lowest BCUT2D eigenvalue weighted by Gasteiger charge is -2.36. The fraction of sp³-hybridized carbons (Fsp3) is 0.571. The summed E-state index contributed by atoms with van der Waals surface area (Å²) in [4.78, 5) is 13.0. The summed E-state index contributed by atoms with van der Waals surface area (Å²) in [6, 6.07) is 5.00. The van der Waals surface area contributed by atoms with E-state index in [2.05, 4.69) is 40.2 Å². The van der Waals surface area contributed by atoms with Crippen LogP contribution in [0.2, 0.25) is 0 Å². The average molecular weight is 342 g/mol. The van der Waals surface area contributed by atoms with Gasteiger partial charge in [0.05, 0.1) is 4.92 Å². The molecule has 5 nitrogen and oxygen atoms in total. The molecular formula is C14H20BrN3O2. The number of hydrogen-bond acceptors (Lipinski definition) is 4. The Morgan fingerprint density at radius 3 is 2.60 bits per heavy atom. The molecule has 0 unspecified atom stereocenters. The maximum absolute atomic E-state index is 11.1. The quantitative estimate of drug-likeness (QED) is 0.656. The van der Waals surface area contributed by atoms with E-state index in [0.717, 1.165) is 23.9 Å². The molecule has 0 radical (unpaired) electrons. The van der Waals surface area contributed by atoms with Crippen molar-refractivity contribution < 1.29 is 4.92 Å². The second kappa shape index (κ2) is 6.10. The number of nitrogens with one attached hydrogen (secondary N) is 1. The van der Waals surface area contributed by atoms with E-state index in [-0.39, 0.29) is 16.1 Å². The number of benzene rings is 1. The number of rotatable bonds is 5. The van der Waals surface area contributed by atoms with Crippen LogP contribution >= 0.6 is 15.9 Å². The van der Waals surface area contributed by atoms with Crippen molar-refractivity contribution in [1.82, 2.24) is 4.90 Å². The zero-order valence-electron chi connectivity index (χ0n) is 11.9. The SMILES string of the molecule is CN(C)C1(CNc2cc(Br)ccc2[N+](=O)[O-])CCCC1. The number of nitro benzene ring substituents is 1. The topological polar surface area (TPSA) is 58.4 Å². The summed E-state index contributed by atoms with van der Waals surface area (Å²) in [5, 5.41) is 14.4. The van der Waals surface area contributed by atoms with Crippen LogP contribution in [0.3, 0.4) is 0 Å². The molecule has 6 heteroatoms. The number of nitro groups is 1. The Morgan fingerprint density at radius 1 is 1.40 bits per heavy atom. The molecule has 1 fully saturated rings. The van der Waals surface area contributed by atoms with E-state index in [4.69, 9.17) is 0 Å². The molecule has 0 heterocycles. The van der Waals surface area contributed by atoms with Crippen LogP contribution in [0.5, 0.6) is 0 Å². The van der Waals surface area contributed by atoms with Crippen LogP contribution < -0.4 is 5.32 Å². The van der Waals surface area contributed by atoms with Gasteiger partial charge in [-0.25, -0.2) is 0 Å². The Hall–Kier alpha value is -1.14. The van der Waals surface area contributed by atoms with Gasteiger partial charge in [0.1, 0.15) is 5.69 Å². The molecule has 1 aromatic rings. The van der Waals surface area contributed by atoms with Crippen LogP contribution in [-0.2, 0) is 0 Å². The summed E-state index contributed by atoms with van der Waals surface area (Å²) in [5.74, 6) is 0. The third-order valence-electron chi connectivity index (χ3n) is 4.25. The molecule has 1 aliphatic rings. The standard InChI is InChI=1S/C14H20BrN3O2/c1-17(2)14(7-3-4-8-14)10-16-12-9-11(15)5-6-13(12)18(19)20/h5-6,9,16H,3-4,7-8,10H2,1-2H3. The van der Waals surface area contributed by atoms with Crippen molar-refractivity contribution in [3.05, 3.63) is 32.8 Å². The van der Waals surface area contributed by atoms with Crippen LogP contribution in [0.25, 0.3) is 0 Å². The summed E-state index contributed by atoms with van der Waals surface area (Å²) >= 11 is 3.37. The first-order valence-electron chi connectivity index (χ1n) is 6.80. The summed E-state index contributed by atoms with van der Waals surface area (Å²) in [7, 11) is 4.17. The number of anilines is 1. The molecule has 1 saturated carbocycles. The number of nitrogens with zero attached hydrogens (tertiary/aromatic N) is 2. The minimum absolute atomic E-state index is 0.107. The fourth-order valence-corrected chi connectivity index (χ4v) is 3.25. The third kappa shape index (κ3) is 3.12. The number of halogens is 1. The van der Waals surface area contributed by atoms with Crippen molar-refractivity contribution in [2.45, 2.75) is 31.2 Å². The molecule has 0 spiro atoms. The van der Waals surface area contributed by atoms with Crippen LogP contribution in [0.15, 0.2) is 22.7 Å². The molecule has 0 bridgehead atoms. The molecule has 0 atom stereocenters. The average Bonchev–Trinajstić information content (AvgIpc) is 2.86. The molecule has 1 N–H and O–H groups in total. The maximum Gasteiger partial charge on any atom is 0.292 e. The Kier molecular flexibility index (Phi) is 4.65. The van der Waals surface area contributed by atoms with Gasteiger partial charge in [-0.2, -0.15) is 0 Å². The summed E-state index contributed by atoms with van der Waals surface area (Å²) in [5.41, 5.74) is 0.813. The summed E-state index contributed by atoms with van der Waals surface area (Å²) in [6.45, 7) is 0.733. The molecule has 2 rings (SSSR count). The predicted octanol–water partition coefficient (Wildman–Crippen LogP) is 3.64. The second-order valence-corrected chi connectivity index (χ2v) is 6.51. The molecule has 1 aromatic carbocycles. The van der Waals surface area contributed by atoms with Crippen molar-refractivity contribution in [3.63, 3.8) is 0 Å². The van der Waals surface area contributed by atoms with Crippen LogP contribution in [0.1, 0.15) is 25.7 Å². The highest BCUT2D eigenvalue weighted by molar-refractivity contribution is 9.10. The lowest BCUT2D eigenvalue weighted by atomic mass is 9.96. The van der Waals surface area contributed by atoms with Crippen LogP contribution in [0, 0.1) is 10.1 Å². The normalized spacial score (nSPS) is 17.4. The van der Waals surface area contributed by atoms with Crippen LogP contribution in [-0.4, -0.2) is 36.0 Å². The van der Waals surface area contributed by atoms with E-state index in [1.807, 2.05) is 0 Å². The molecule has 0 amide bonds. The van der Waals surface area contributed by atoms with Gasteiger partial charge >= 0.3 is 0 Å². The van der Waals surface area contributed by atoms with Gasteiger partial charge in [-0.15, -0.1) is 0 Å². The molecule has 110 valence electrons. The number of likely N-dealkylation sites (N-methyl/N-ethyl adjacent to an activating group) is 1. The Morgan fingerprint density at radius 2 is 2.05 bits per heavy atom. The van der Waals surface area contributed by atoms with Gasteiger partial charge in [-0.3, -0.25) is 10.1 Å². The van der Waals surface area contributed by atoms with E-state index in [1.54, 1.807) is 12.1 Å². The molecule has 20 heavy (non-hydrogen) atoms. The predicted molar refractivity (Wildman–Crippen MR) is 84.2 cm³/mol. The van der Waals surface area contributed by atoms with Gasteiger partial charge in [0.2, 0.25) is 0 Å². The minimum Gasteiger partial charge on any atom is -0.378 e. The number of hydrogen-bond donors (Lipinski definition) is 1. The lowest BCUT2D eigenvalue weighted by molar-refractivity contribution is -0.384. The Labute approximate surface area is 127 Å². The van der Waals surface area contributed by atoms with E-state index in [9.17, 15) is 10.1 Å². The highest BCUT2D eigenvalue weighted by Gasteiger charge is 2.36. The van der Waals surface area contributed by atoms with E-state index in [0.29, 0.717) is 5.69 Å². The third-order valence-corrected chi connectivity index (χ3v) is 4.74. The monoisotopic (exact) mass is 341 g/mol. The summed E-state index contributed by atoms with van der Waals surface area (Å²) < 4.78 is 0.843. The van der Waals surface area contributed by atoms with Gasteiger partial charge in [-0.1, -0.05) is 28.8 Å². The molecule has 1 aliphatic carbocycles. The van der Waals surface area contributed by atoms with Gasteiger partial charge in [0.25, 0.3) is 5.69 Å². The van der Waals surface area contributed by atoms with Crippen molar-refractivity contribution in [2.75, 3.05) is 26.0 Å². The largest absolute Gasteiger partial charge is 0.378 e. The molecule has 0 aromatic heterocycles. The van der Waals surface area contributed by atoms with Crippen molar-refractivity contribution in [2.24, 2.45) is 0 Å². The molecule has 0 aliphatic heterocycles. The minimum atomic E-state index is -0.342. The van der Waals surface area contributed by atoms with E-state index < -0.39 is 0 Å². The van der Waals surface area contributed by atoms with Gasteiger partial charge < -0.3 is 10.2 Å². The van der Waals surface area contributed by atoms with Crippen LogP contribution in [0.4, 0.5) is 11.4 Å². The maximum atomic E-state index is 11.1. The van der Waals surface area contributed by atoms with Crippen molar-refractivity contribution in [1.29, 1.82) is 0 Å². The van der Waals surface area contributed by atoms with Crippen molar-refractivity contribution >= 4 is 27.3 Å². The first-order chi connectivity index (χ1) is 9.44. The van der Waals surface area contributed by atoms with Gasteiger partial charge in [-0.05, 0) is 39.1 Å². The zero-order chi connectivity index (χ0) is 14.8. The van der Waals surface area contributed by atoms with E-state index in [1.165, 1.54) is 18.9 Å².